The van der Waals surface area contributed by atoms with Gasteiger partial charge in [-0.05, 0) is 25.7 Å². The Balaban J connectivity index is 1.86. The molecule has 2 aliphatic heterocycles. The molecule has 0 saturated carbocycles. The molecular weight excluding hydrogens is 324 g/mol. The van der Waals surface area contributed by atoms with Gasteiger partial charge in [0.25, 0.3) is 0 Å². The first-order valence-electron chi connectivity index (χ1n) is 9.61. The molecule has 0 spiro atoms. The summed E-state index contributed by atoms with van der Waals surface area (Å²) in [6, 6.07) is 0. The maximum Gasteiger partial charge on any atom is 0.312 e. The minimum Gasteiger partial charge on any atom is -0.465 e. The van der Waals surface area contributed by atoms with Gasteiger partial charge < -0.3 is 18.9 Å². The van der Waals surface area contributed by atoms with Crippen LogP contribution in [0.2, 0.25) is 0 Å². The molecule has 2 heterocycles. The number of epoxide rings is 1. The third-order valence-electron chi connectivity index (χ3n) is 5.06. The predicted molar refractivity (Wildman–Crippen MR) is 92.0 cm³/mol. The smallest absolute Gasteiger partial charge is 0.312 e. The zero-order valence-electron chi connectivity index (χ0n) is 15.7. The molecule has 0 radical (unpaired) electrons. The number of ether oxygens (including phenoxy) is 4. The molecule has 25 heavy (non-hydrogen) atoms. The molecule has 2 rings (SSSR count). The van der Waals surface area contributed by atoms with Crippen molar-refractivity contribution in [2.45, 2.75) is 65.1 Å². The second kappa shape index (κ2) is 10.1. The van der Waals surface area contributed by atoms with Gasteiger partial charge in [-0.3, -0.25) is 9.59 Å². The molecule has 6 nitrogen and oxygen atoms in total. The molecule has 144 valence electrons. The van der Waals surface area contributed by atoms with Gasteiger partial charge >= 0.3 is 11.9 Å². The second-order valence-corrected chi connectivity index (χ2v) is 7.22. The average molecular weight is 356 g/mol. The van der Waals surface area contributed by atoms with Gasteiger partial charge in [0.1, 0.15) is 12.7 Å². The Bertz CT molecular complexity index is 434. The van der Waals surface area contributed by atoms with E-state index in [0.717, 1.165) is 25.7 Å². The van der Waals surface area contributed by atoms with Gasteiger partial charge in [-0.25, -0.2) is 0 Å². The van der Waals surface area contributed by atoms with Crippen molar-refractivity contribution < 1.29 is 28.5 Å². The number of carbonyl (C=O) groups excluding carboxylic acids is 2. The first kappa shape index (κ1) is 20.2. The van der Waals surface area contributed by atoms with Crippen molar-refractivity contribution in [3.05, 3.63) is 0 Å². The lowest BCUT2D eigenvalue weighted by Gasteiger charge is -2.32. The number of esters is 2. The van der Waals surface area contributed by atoms with E-state index in [4.69, 9.17) is 18.9 Å². The summed E-state index contributed by atoms with van der Waals surface area (Å²) in [5, 5.41) is 0. The van der Waals surface area contributed by atoms with Crippen LogP contribution in [-0.2, 0) is 28.5 Å². The quantitative estimate of drug-likeness (QED) is 0.443. The molecule has 2 saturated heterocycles. The summed E-state index contributed by atoms with van der Waals surface area (Å²) in [7, 11) is 0. The topological polar surface area (TPSA) is 74.4 Å². The molecule has 0 aromatic carbocycles. The van der Waals surface area contributed by atoms with E-state index >= 15 is 0 Å². The fourth-order valence-corrected chi connectivity index (χ4v) is 3.12. The van der Waals surface area contributed by atoms with Crippen molar-refractivity contribution in [3.63, 3.8) is 0 Å². The van der Waals surface area contributed by atoms with E-state index in [9.17, 15) is 9.59 Å². The van der Waals surface area contributed by atoms with Gasteiger partial charge in [0.05, 0.1) is 37.8 Å². The molecule has 0 aliphatic carbocycles. The average Bonchev–Trinajstić information content (AvgIpc) is 3.44. The van der Waals surface area contributed by atoms with E-state index in [0.29, 0.717) is 25.6 Å². The predicted octanol–water partition coefficient (Wildman–Crippen LogP) is 2.73. The normalized spacial score (nSPS) is 29.7. The zero-order valence-corrected chi connectivity index (χ0v) is 15.7. The molecule has 5 unspecified atom stereocenters. The third kappa shape index (κ3) is 6.59. The molecule has 5 atom stereocenters. The molecule has 0 aromatic heterocycles. The van der Waals surface area contributed by atoms with E-state index in [2.05, 4.69) is 13.8 Å². The van der Waals surface area contributed by atoms with Crippen LogP contribution in [0.4, 0.5) is 0 Å². The Hall–Kier alpha value is -1.14. The fraction of sp³-hybridized carbons (Fsp3) is 0.895. The molecule has 0 N–H and O–H groups in total. The van der Waals surface area contributed by atoms with Crippen molar-refractivity contribution in [1.82, 2.24) is 0 Å². The highest BCUT2D eigenvalue weighted by Gasteiger charge is 2.41. The maximum absolute atomic E-state index is 12.6. The molecule has 6 heteroatoms. The summed E-state index contributed by atoms with van der Waals surface area (Å²) in [6.07, 6.45) is 4.78. The first-order valence-corrected chi connectivity index (χ1v) is 9.61. The van der Waals surface area contributed by atoms with Crippen molar-refractivity contribution in [3.8, 4) is 0 Å². The van der Waals surface area contributed by atoms with Gasteiger partial charge in [0, 0.05) is 0 Å². The third-order valence-corrected chi connectivity index (χ3v) is 5.06. The Labute approximate surface area is 150 Å². The van der Waals surface area contributed by atoms with E-state index in [-0.39, 0.29) is 37.4 Å². The van der Waals surface area contributed by atoms with Gasteiger partial charge in [0.2, 0.25) is 0 Å². The minimum absolute atomic E-state index is 0.0154. The lowest BCUT2D eigenvalue weighted by atomic mass is 9.86. The number of rotatable bonds is 10. The van der Waals surface area contributed by atoms with Gasteiger partial charge in [-0.2, -0.15) is 0 Å². The van der Waals surface area contributed by atoms with Gasteiger partial charge in [-0.15, -0.1) is 0 Å². The summed E-state index contributed by atoms with van der Waals surface area (Å²) in [4.78, 5) is 24.9. The monoisotopic (exact) mass is 356 g/mol. The number of carbonyl (C=O) groups is 2. The van der Waals surface area contributed by atoms with Crippen LogP contribution in [0, 0.1) is 17.8 Å². The highest BCUT2D eigenvalue weighted by Crippen LogP contribution is 2.29. The Morgan fingerprint density at radius 2 is 1.80 bits per heavy atom. The molecular formula is C19H32O6. The zero-order chi connectivity index (χ0) is 18.2. The summed E-state index contributed by atoms with van der Waals surface area (Å²) in [5.41, 5.74) is 0. The lowest BCUT2D eigenvalue weighted by molar-refractivity contribution is -0.172. The van der Waals surface area contributed by atoms with Crippen LogP contribution in [0.25, 0.3) is 0 Å². The van der Waals surface area contributed by atoms with Crippen LogP contribution in [-0.4, -0.2) is 50.6 Å². The van der Waals surface area contributed by atoms with E-state index < -0.39 is 11.8 Å². The second-order valence-electron chi connectivity index (χ2n) is 7.22. The Morgan fingerprint density at radius 1 is 1.08 bits per heavy atom. The maximum atomic E-state index is 12.6. The van der Waals surface area contributed by atoms with Crippen LogP contribution in [0.15, 0.2) is 0 Å². The van der Waals surface area contributed by atoms with E-state index in [1.165, 1.54) is 0 Å². The van der Waals surface area contributed by atoms with Crippen LogP contribution in [0.1, 0.15) is 52.9 Å². The number of hydrogen-bond acceptors (Lipinski definition) is 6. The lowest BCUT2D eigenvalue weighted by Crippen LogP contribution is -2.43. The number of hydrogen-bond donors (Lipinski definition) is 0. The molecule has 0 bridgehead atoms. The van der Waals surface area contributed by atoms with Crippen LogP contribution >= 0.6 is 0 Å². The van der Waals surface area contributed by atoms with Crippen molar-refractivity contribution >= 4 is 11.9 Å². The largest absolute Gasteiger partial charge is 0.465 e. The van der Waals surface area contributed by atoms with E-state index in [1.807, 2.05) is 6.92 Å². The van der Waals surface area contributed by atoms with Crippen LogP contribution < -0.4 is 0 Å². The van der Waals surface area contributed by atoms with Crippen LogP contribution in [0.5, 0.6) is 0 Å². The molecule has 0 aromatic rings. The highest BCUT2D eigenvalue weighted by atomic mass is 16.6. The fourth-order valence-electron chi connectivity index (χ4n) is 3.12. The standard InChI is InChI=1S/C19H32O6/c1-4-6-7-14(5-2)9-24-18(20)16-8-13(3)22-12-17(16)19(21)25-11-15-10-23-15/h13-17H,4-12H2,1-3H3. The molecule has 2 aliphatic rings. The molecule has 2 fully saturated rings. The first-order chi connectivity index (χ1) is 12.0. The van der Waals surface area contributed by atoms with Gasteiger partial charge in [-0.1, -0.05) is 33.1 Å². The SMILES string of the molecule is CCCCC(CC)COC(=O)C1CC(C)OCC1C(=O)OCC1CO1. The van der Waals surface area contributed by atoms with Crippen molar-refractivity contribution in [2.24, 2.45) is 17.8 Å². The van der Waals surface area contributed by atoms with Gasteiger partial charge in [0.15, 0.2) is 0 Å². The highest BCUT2D eigenvalue weighted by molar-refractivity contribution is 5.82. The van der Waals surface area contributed by atoms with Crippen molar-refractivity contribution in [2.75, 3.05) is 26.4 Å². The number of unbranched alkanes of at least 4 members (excludes halogenated alkanes) is 1. The summed E-state index contributed by atoms with van der Waals surface area (Å²) >= 11 is 0. The summed E-state index contributed by atoms with van der Waals surface area (Å²) in [6.45, 7) is 7.71. The Morgan fingerprint density at radius 3 is 2.44 bits per heavy atom. The molecule has 0 amide bonds. The summed E-state index contributed by atoms with van der Waals surface area (Å²) in [5.74, 6) is -1.37. The summed E-state index contributed by atoms with van der Waals surface area (Å²) < 4.78 is 21.5. The van der Waals surface area contributed by atoms with Crippen LogP contribution in [0.3, 0.4) is 0 Å². The Kier molecular flexibility index (Phi) is 8.16. The van der Waals surface area contributed by atoms with Crippen molar-refractivity contribution in [1.29, 1.82) is 0 Å². The minimum atomic E-state index is -0.585. The van der Waals surface area contributed by atoms with E-state index in [1.54, 1.807) is 0 Å².